The minimum Gasteiger partial charge on any atom is -0.327 e. The van der Waals surface area contributed by atoms with Crippen molar-refractivity contribution in [1.29, 1.82) is 0 Å². The largest absolute Gasteiger partial charge is 0.327 e. The Bertz CT molecular complexity index is 321. The standard InChI is InChI=1S/C15H24ClN/c1-10(2)15(11(3)4)14(17)9-12-5-7-13(16)8-6-12/h5-8,10-11,14-15H,9,17H2,1-4H3. The quantitative estimate of drug-likeness (QED) is 0.839. The van der Waals surface area contributed by atoms with Gasteiger partial charge in [-0.1, -0.05) is 51.4 Å². The maximum absolute atomic E-state index is 6.36. The zero-order chi connectivity index (χ0) is 13.0. The van der Waals surface area contributed by atoms with Gasteiger partial charge in [-0.05, 0) is 41.9 Å². The molecular weight excluding hydrogens is 230 g/mol. The number of hydrogen-bond donors (Lipinski definition) is 1. The van der Waals surface area contributed by atoms with Gasteiger partial charge in [0, 0.05) is 11.1 Å². The van der Waals surface area contributed by atoms with E-state index in [0.29, 0.717) is 17.8 Å². The third kappa shape index (κ3) is 4.33. The first-order chi connectivity index (χ1) is 7.91. The summed E-state index contributed by atoms with van der Waals surface area (Å²) in [6.07, 6.45) is 0.929. The van der Waals surface area contributed by atoms with E-state index in [1.165, 1.54) is 5.56 Å². The Morgan fingerprint density at radius 1 is 1.00 bits per heavy atom. The molecular formula is C15H24ClN. The summed E-state index contributed by atoms with van der Waals surface area (Å²) in [6, 6.07) is 8.23. The van der Waals surface area contributed by atoms with Crippen LogP contribution >= 0.6 is 11.6 Å². The molecule has 2 N–H and O–H groups in total. The topological polar surface area (TPSA) is 26.0 Å². The van der Waals surface area contributed by atoms with Crippen LogP contribution < -0.4 is 5.73 Å². The van der Waals surface area contributed by atoms with Gasteiger partial charge in [0.2, 0.25) is 0 Å². The normalized spacial score (nSPS) is 13.7. The zero-order valence-corrected chi connectivity index (χ0v) is 12.0. The van der Waals surface area contributed by atoms with E-state index in [1.54, 1.807) is 0 Å². The summed E-state index contributed by atoms with van der Waals surface area (Å²) in [4.78, 5) is 0. The van der Waals surface area contributed by atoms with E-state index >= 15 is 0 Å². The first-order valence-corrected chi connectivity index (χ1v) is 6.79. The number of hydrogen-bond acceptors (Lipinski definition) is 1. The Hall–Kier alpha value is -0.530. The third-order valence-electron chi connectivity index (χ3n) is 3.42. The molecule has 17 heavy (non-hydrogen) atoms. The molecule has 1 rings (SSSR count). The molecule has 0 aliphatic heterocycles. The van der Waals surface area contributed by atoms with Crippen LogP contribution in [0, 0.1) is 17.8 Å². The lowest BCUT2D eigenvalue weighted by Crippen LogP contribution is -2.38. The maximum atomic E-state index is 6.36. The molecule has 0 radical (unpaired) electrons. The summed E-state index contributed by atoms with van der Waals surface area (Å²) >= 11 is 5.88. The van der Waals surface area contributed by atoms with Gasteiger partial charge in [-0.15, -0.1) is 0 Å². The van der Waals surface area contributed by atoms with E-state index in [1.807, 2.05) is 12.1 Å². The monoisotopic (exact) mass is 253 g/mol. The average Bonchev–Trinajstić information content (AvgIpc) is 2.20. The van der Waals surface area contributed by atoms with Gasteiger partial charge in [-0.3, -0.25) is 0 Å². The zero-order valence-electron chi connectivity index (χ0n) is 11.3. The Labute approximate surface area is 110 Å². The third-order valence-corrected chi connectivity index (χ3v) is 3.67. The lowest BCUT2D eigenvalue weighted by Gasteiger charge is -2.31. The first-order valence-electron chi connectivity index (χ1n) is 6.41. The predicted molar refractivity (Wildman–Crippen MR) is 76.3 cm³/mol. The van der Waals surface area contributed by atoms with Crippen LogP contribution in [0.15, 0.2) is 24.3 Å². The summed E-state index contributed by atoms with van der Waals surface area (Å²) in [7, 11) is 0. The molecule has 0 amide bonds. The van der Waals surface area contributed by atoms with Gasteiger partial charge in [0.1, 0.15) is 0 Å². The highest BCUT2D eigenvalue weighted by Gasteiger charge is 2.24. The molecule has 0 aromatic heterocycles. The van der Waals surface area contributed by atoms with Crippen molar-refractivity contribution in [2.45, 2.75) is 40.2 Å². The molecule has 0 saturated carbocycles. The maximum Gasteiger partial charge on any atom is 0.0406 e. The molecule has 0 aliphatic rings. The van der Waals surface area contributed by atoms with E-state index in [-0.39, 0.29) is 6.04 Å². The second kappa shape index (κ2) is 6.42. The van der Waals surface area contributed by atoms with E-state index in [4.69, 9.17) is 17.3 Å². The summed E-state index contributed by atoms with van der Waals surface area (Å²) in [5.41, 5.74) is 7.63. The summed E-state index contributed by atoms with van der Waals surface area (Å²) in [6.45, 7) is 9.03. The lowest BCUT2D eigenvalue weighted by molar-refractivity contribution is 0.237. The smallest absolute Gasteiger partial charge is 0.0406 e. The Kier molecular flexibility index (Phi) is 5.48. The fourth-order valence-electron chi connectivity index (χ4n) is 2.79. The molecule has 0 fully saturated rings. The number of halogens is 1. The van der Waals surface area contributed by atoms with Gasteiger partial charge in [-0.2, -0.15) is 0 Å². The van der Waals surface area contributed by atoms with Gasteiger partial charge < -0.3 is 5.73 Å². The molecule has 0 aliphatic carbocycles. The molecule has 0 saturated heterocycles. The molecule has 0 spiro atoms. The van der Waals surface area contributed by atoms with Crippen molar-refractivity contribution in [1.82, 2.24) is 0 Å². The average molecular weight is 254 g/mol. The molecule has 1 aromatic rings. The van der Waals surface area contributed by atoms with Crippen LogP contribution in [0.3, 0.4) is 0 Å². The summed E-state index contributed by atoms with van der Waals surface area (Å²) < 4.78 is 0. The van der Waals surface area contributed by atoms with E-state index < -0.39 is 0 Å². The highest BCUT2D eigenvalue weighted by Crippen LogP contribution is 2.25. The molecule has 1 nitrogen and oxygen atoms in total. The number of benzene rings is 1. The second-order valence-electron chi connectivity index (χ2n) is 5.56. The van der Waals surface area contributed by atoms with Crippen LogP contribution in [0.5, 0.6) is 0 Å². The Morgan fingerprint density at radius 2 is 1.47 bits per heavy atom. The van der Waals surface area contributed by atoms with Crippen LogP contribution in [0.1, 0.15) is 33.3 Å². The van der Waals surface area contributed by atoms with E-state index in [9.17, 15) is 0 Å². The Balaban J connectivity index is 2.69. The minimum absolute atomic E-state index is 0.219. The van der Waals surface area contributed by atoms with Crippen LogP contribution in [-0.2, 0) is 6.42 Å². The van der Waals surface area contributed by atoms with Crippen molar-refractivity contribution in [3.8, 4) is 0 Å². The van der Waals surface area contributed by atoms with Crippen molar-refractivity contribution in [3.05, 3.63) is 34.9 Å². The van der Waals surface area contributed by atoms with Crippen LogP contribution in [0.25, 0.3) is 0 Å². The fraction of sp³-hybridized carbons (Fsp3) is 0.600. The summed E-state index contributed by atoms with van der Waals surface area (Å²) in [5.74, 6) is 1.81. The molecule has 0 heterocycles. The van der Waals surface area contributed by atoms with E-state index in [2.05, 4.69) is 39.8 Å². The van der Waals surface area contributed by atoms with Gasteiger partial charge in [0.15, 0.2) is 0 Å². The summed E-state index contributed by atoms with van der Waals surface area (Å²) in [5, 5.41) is 0.784. The fourth-order valence-corrected chi connectivity index (χ4v) is 2.91. The van der Waals surface area contributed by atoms with Gasteiger partial charge in [-0.25, -0.2) is 0 Å². The van der Waals surface area contributed by atoms with Crippen molar-refractivity contribution >= 4 is 11.6 Å². The Morgan fingerprint density at radius 3 is 1.88 bits per heavy atom. The minimum atomic E-state index is 0.219. The molecule has 1 unspecified atom stereocenters. The molecule has 96 valence electrons. The van der Waals surface area contributed by atoms with Gasteiger partial charge in [0.05, 0.1) is 0 Å². The van der Waals surface area contributed by atoms with Gasteiger partial charge in [0.25, 0.3) is 0 Å². The van der Waals surface area contributed by atoms with Crippen LogP contribution in [0.4, 0.5) is 0 Å². The van der Waals surface area contributed by atoms with Crippen LogP contribution in [0.2, 0.25) is 5.02 Å². The van der Waals surface area contributed by atoms with Crippen LogP contribution in [-0.4, -0.2) is 6.04 Å². The molecule has 2 heteroatoms. The lowest BCUT2D eigenvalue weighted by atomic mass is 9.78. The predicted octanol–water partition coefficient (Wildman–Crippen LogP) is 4.14. The van der Waals surface area contributed by atoms with Crippen molar-refractivity contribution in [3.63, 3.8) is 0 Å². The van der Waals surface area contributed by atoms with Crippen molar-refractivity contribution < 1.29 is 0 Å². The molecule has 1 aromatic carbocycles. The number of rotatable bonds is 5. The van der Waals surface area contributed by atoms with Crippen molar-refractivity contribution in [2.75, 3.05) is 0 Å². The number of nitrogens with two attached hydrogens (primary N) is 1. The van der Waals surface area contributed by atoms with Gasteiger partial charge >= 0.3 is 0 Å². The van der Waals surface area contributed by atoms with Crippen molar-refractivity contribution in [2.24, 2.45) is 23.5 Å². The van der Waals surface area contributed by atoms with E-state index in [0.717, 1.165) is 11.4 Å². The SMILES string of the molecule is CC(C)C(C(C)C)C(N)Cc1ccc(Cl)cc1. The second-order valence-corrected chi connectivity index (χ2v) is 6.00. The molecule has 0 bridgehead atoms. The highest BCUT2D eigenvalue weighted by molar-refractivity contribution is 6.30. The molecule has 1 atom stereocenters. The first kappa shape index (κ1) is 14.5. The highest BCUT2D eigenvalue weighted by atomic mass is 35.5.